The summed E-state index contributed by atoms with van der Waals surface area (Å²) in [7, 11) is 0. The van der Waals surface area contributed by atoms with E-state index in [1.54, 1.807) is 18.2 Å². The molecule has 4 heteroatoms. The van der Waals surface area contributed by atoms with E-state index in [9.17, 15) is 9.18 Å². The van der Waals surface area contributed by atoms with Crippen LogP contribution >= 0.6 is 11.6 Å². The van der Waals surface area contributed by atoms with Crippen molar-refractivity contribution in [3.05, 3.63) is 64.4 Å². The second-order valence-electron chi connectivity index (χ2n) is 4.13. The lowest BCUT2D eigenvalue weighted by molar-refractivity contribution is 0.0921. The number of carbonyl (C=O) groups is 1. The topological polar surface area (TPSA) is 26.3 Å². The van der Waals surface area contributed by atoms with E-state index in [4.69, 9.17) is 16.3 Å². The molecule has 0 fully saturated rings. The zero-order chi connectivity index (χ0) is 13.8. The van der Waals surface area contributed by atoms with Crippen molar-refractivity contribution < 1.29 is 13.9 Å². The fraction of sp³-hybridized carbons (Fsp3) is 0.133. The minimum Gasteiger partial charge on any atom is -0.485 e. The van der Waals surface area contributed by atoms with E-state index in [0.717, 1.165) is 5.56 Å². The van der Waals surface area contributed by atoms with Gasteiger partial charge in [-0.25, -0.2) is 4.39 Å². The summed E-state index contributed by atoms with van der Waals surface area (Å²) in [6.45, 7) is 1.76. The average molecular weight is 279 g/mol. The van der Waals surface area contributed by atoms with Crippen molar-refractivity contribution in [1.29, 1.82) is 0 Å². The number of rotatable bonds is 4. The monoisotopic (exact) mass is 278 g/mol. The van der Waals surface area contributed by atoms with Crippen molar-refractivity contribution in [2.75, 3.05) is 6.61 Å². The first-order valence-electron chi connectivity index (χ1n) is 5.74. The molecule has 2 aromatic rings. The Morgan fingerprint density at radius 1 is 1.21 bits per heavy atom. The molecule has 0 spiro atoms. The number of ketones is 1. The number of hydrogen-bond acceptors (Lipinski definition) is 2. The van der Waals surface area contributed by atoms with Gasteiger partial charge in [0, 0.05) is 10.6 Å². The van der Waals surface area contributed by atoms with Crippen LogP contribution in [-0.2, 0) is 0 Å². The average Bonchev–Trinajstić information content (AvgIpc) is 2.38. The summed E-state index contributed by atoms with van der Waals surface area (Å²) in [5.41, 5.74) is 1.28. The van der Waals surface area contributed by atoms with Gasteiger partial charge in [-0.15, -0.1) is 0 Å². The third kappa shape index (κ3) is 3.55. The molecule has 2 rings (SSSR count). The van der Waals surface area contributed by atoms with Crippen LogP contribution in [0.3, 0.4) is 0 Å². The summed E-state index contributed by atoms with van der Waals surface area (Å²) in [5.74, 6) is 0.0419. The molecule has 0 saturated heterocycles. The maximum Gasteiger partial charge on any atom is 0.200 e. The zero-order valence-corrected chi connectivity index (χ0v) is 11.1. The largest absolute Gasteiger partial charge is 0.485 e. The van der Waals surface area contributed by atoms with Crippen molar-refractivity contribution in [3.8, 4) is 5.75 Å². The fourth-order valence-corrected chi connectivity index (χ4v) is 1.86. The predicted molar refractivity (Wildman–Crippen MR) is 72.4 cm³/mol. The quantitative estimate of drug-likeness (QED) is 0.789. The molecular formula is C15H12ClFO2. The highest BCUT2D eigenvalue weighted by Gasteiger charge is 2.08. The van der Waals surface area contributed by atoms with Crippen molar-refractivity contribution >= 4 is 17.4 Å². The molecular weight excluding hydrogens is 267 g/mol. The van der Waals surface area contributed by atoms with Gasteiger partial charge in [0.1, 0.15) is 11.6 Å². The molecule has 0 N–H and O–H groups in total. The lowest BCUT2D eigenvalue weighted by Gasteiger charge is -2.08. The Balaban J connectivity index is 2.02. The number of halogens is 2. The lowest BCUT2D eigenvalue weighted by atomic mass is 10.1. The maximum absolute atomic E-state index is 12.7. The van der Waals surface area contributed by atoms with Crippen LogP contribution in [0.2, 0.25) is 5.02 Å². The fourth-order valence-electron chi connectivity index (χ4n) is 1.64. The van der Waals surface area contributed by atoms with Crippen LogP contribution in [0.25, 0.3) is 0 Å². The van der Waals surface area contributed by atoms with Gasteiger partial charge in [0.2, 0.25) is 0 Å². The van der Waals surface area contributed by atoms with Crippen molar-refractivity contribution in [2.24, 2.45) is 0 Å². The number of hydrogen-bond donors (Lipinski definition) is 0. The van der Waals surface area contributed by atoms with E-state index < -0.39 is 0 Å². The molecule has 0 aromatic heterocycles. The van der Waals surface area contributed by atoms with E-state index in [0.29, 0.717) is 16.3 Å². The zero-order valence-electron chi connectivity index (χ0n) is 10.3. The summed E-state index contributed by atoms with van der Waals surface area (Å²) < 4.78 is 18.2. The SMILES string of the molecule is Cc1cc(Cl)ccc1OCC(=O)c1ccc(F)cc1. The number of Topliss-reactive ketones (excluding diaryl/α,β-unsaturated/α-hetero) is 1. The molecule has 0 aliphatic carbocycles. The summed E-state index contributed by atoms with van der Waals surface area (Å²) in [4.78, 5) is 11.8. The molecule has 0 atom stereocenters. The number of aryl methyl sites for hydroxylation is 1. The molecule has 98 valence electrons. The first-order chi connectivity index (χ1) is 9.06. The van der Waals surface area contributed by atoms with E-state index in [-0.39, 0.29) is 18.2 Å². The first kappa shape index (κ1) is 13.6. The Labute approximate surface area is 115 Å². The second kappa shape index (κ2) is 5.85. The van der Waals surface area contributed by atoms with Gasteiger partial charge >= 0.3 is 0 Å². The molecule has 0 bridgehead atoms. The molecule has 0 radical (unpaired) electrons. The van der Waals surface area contributed by atoms with Gasteiger partial charge in [-0.1, -0.05) is 11.6 Å². The van der Waals surface area contributed by atoms with Gasteiger partial charge in [-0.2, -0.15) is 0 Å². The third-order valence-electron chi connectivity index (χ3n) is 2.66. The van der Waals surface area contributed by atoms with Gasteiger partial charge in [-0.3, -0.25) is 4.79 Å². The highest BCUT2D eigenvalue weighted by Crippen LogP contribution is 2.21. The minimum absolute atomic E-state index is 0.0892. The molecule has 0 heterocycles. The smallest absolute Gasteiger partial charge is 0.200 e. The van der Waals surface area contributed by atoms with E-state index in [2.05, 4.69) is 0 Å². The lowest BCUT2D eigenvalue weighted by Crippen LogP contribution is -2.12. The van der Waals surface area contributed by atoms with Gasteiger partial charge in [0.25, 0.3) is 0 Å². The first-order valence-corrected chi connectivity index (χ1v) is 6.12. The molecule has 0 unspecified atom stereocenters. The molecule has 0 amide bonds. The van der Waals surface area contributed by atoms with Crippen LogP contribution in [0.4, 0.5) is 4.39 Å². The van der Waals surface area contributed by atoms with Crippen LogP contribution < -0.4 is 4.74 Å². The summed E-state index contributed by atoms with van der Waals surface area (Å²) in [5, 5.41) is 0.620. The van der Waals surface area contributed by atoms with Crippen molar-refractivity contribution in [1.82, 2.24) is 0 Å². The molecule has 2 nitrogen and oxygen atoms in total. The third-order valence-corrected chi connectivity index (χ3v) is 2.90. The van der Waals surface area contributed by atoms with Crippen LogP contribution in [0.5, 0.6) is 5.75 Å². The second-order valence-corrected chi connectivity index (χ2v) is 4.56. The highest BCUT2D eigenvalue weighted by atomic mass is 35.5. The summed E-state index contributed by atoms with van der Waals surface area (Å²) in [6, 6.07) is 10.6. The van der Waals surface area contributed by atoms with Crippen molar-refractivity contribution in [3.63, 3.8) is 0 Å². The normalized spacial score (nSPS) is 10.3. The van der Waals surface area contributed by atoms with E-state index in [1.807, 2.05) is 6.92 Å². The van der Waals surface area contributed by atoms with Crippen molar-refractivity contribution in [2.45, 2.75) is 6.92 Å². The van der Waals surface area contributed by atoms with Gasteiger partial charge in [-0.05, 0) is 55.0 Å². The Bertz CT molecular complexity index is 594. The minimum atomic E-state index is -0.369. The van der Waals surface area contributed by atoms with E-state index >= 15 is 0 Å². The number of ether oxygens (including phenoxy) is 1. The summed E-state index contributed by atoms with van der Waals surface area (Å²) >= 11 is 5.83. The highest BCUT2D eigenvalue weighted by molar-refractivity contribution is 6.30. The molecule has 19 heavy (non-hydrogen) atoms. The Kier molecular flexibility index (Phi) is 4.17. The Morgan fingerprint density at radius 3 is 2.53 bits per heavy atom. The predicted octanol–water partition coefficient (Wildman–Crippen LogP) is 4.05. The van der Waals surface area contributed by atoms with Gasteiger partial charge in [0.05, 0.1) is 0 Å². The molecule has 0 aliphatic rings. The Hall–Kier alpha value is -1.87. The molecule has 0 aliphatic heterocycles. The Morgan fingerprint density at radius 2 is 1.89 bits per heavy atom. The standard InChI is InChI=1S/C15H12ClFO2/c1-10-8-12(16)4-7-15(10)19-9-14(18)11-2-5-13(17)6-3-11/h2-8H,9H2,1H3. The van der Waals surface area contributed by atoms with Gasteiger partial charge < -0.3 is 4.74 Å². The van der Waals surface area contributed by atoms with Crippen LogP contribution in [0.15, 0.2) is 42.5 Å². The number of benzene rings is 2. The van der Waals surface area contributed by atoms with E-state index in [1.165, 1.54) is 24.3 Å². The molecule has 0 saturated carbocycles. The maximum atomic E-state index is 12.7. The summed E-state index contributed by atoms with van der Waals surface area (Å²) in [6.07, 6.45) is 0. The number of carbonyl (C=O) groups excluding carboxylic acids is 1. The molecule has 2 aromatic carbocycles. The van der Waals surface area contributed by atoms with Crippen LogP contribution in [0.1, 0.15) is 15.9 Å². The van der Waals surface area contributed by atoms with Crippen LogP contribution in [-0.4, -0.2) is 12.4 Å². The van der Waals surface area contributed by atoms with Crippen LogP contribution in [0, 0.1) is 12.7 Å². The van der Waals surface area contributed by atoms with Gasteiger partial charge in [0.15, 0.2) is 12.4 Å².